The first-order valence-corrected chi connectivity index (χ1v) is 4.80. The number of carbonyl (C=O) groups excluding carboxylic acids is 1. The van der Waals surface area contributed by atoms with Gasteiger partial charge in [0.1, 0.15) is 12.1 Å². The molecule has 1 atom stereocenters. The molecule has 0 aliphatic heterocycles. The molecule has 0 aromatic carbocycles. The highest BCUT2D eigenvalue weighted by atomic mass is 16.6. The molecule has 0 aromatic rings. The fraction of sp³-hybridized carbons (Fsp3) is 0.800. The van der Waals surface area contributed by atoms with Gasteiger partial charge in [-0.25, -0.2) is 11.4 Å². The van der Waals surface area contributed by atoms with Gasteiger partial charge in [0.15, 0.2) is 0 Å². The molecule has 0 spiro atoms. The zero-order valence-corrected chi connectivity index (χ0v) is 9.63. The lowest BCUT2D eigenvalue weighted by atomic mass is 10.2. The van der Waals surface area contributed by atoms with Crippen molar-refractivity contribution in [1.29, 1.82) is 0 Å². The maximum absolute atomic E-state index is 11.2. The molecule has 0 saturated carbocycles. The third-order valence-electron chi connectivity index (χ3n) is 1.69. The number of nitrogens with one attached hydrogen (secondary N) is 1. The van der Waals surface area contributed by atoms with Crippen LogP contribution in [0.1, 0.15) is 34.1 Å². The lowest BCUT2D eigenvalue weighted by Gasteiger charge is -2.21. The Bertz CT molecular complexity index is 265. The van der Waals surface area contributed by atoms with E-state index in [0.29, 0.717) is 0 Å². The third kappa shape index (κ3) is 5.92. The molecule has 5 nitrogen and oxygen atoms in total. The standard InChI is InChI=1S/C10H18N2O3/c1-6-10(14,11-5)7-12-8(13)15-9(2,3)4/h14H,6-7H2,1-4H3,(H,12,13). The van der Waals surface area contributed by atoms with Crippen LogP contribution in [-0.4, -0.2) is 29.1 Å². The van der Waals surface area contributed by atoms with Crippen LogP contribution >= 0.6 is 0 Å². The number of hydrogen-bond acceptors (Lipinski definition) is 3. The van der Waals surface area contributed by atoms with Crippen molar-refractivity contribution >= 4 is 6.09 Å². The lowest BCUT2D eigenvalue weighted by molar-refractivity contribution is 0.0404. The molecular weight excluding hydrogens is 196 g/mol. The van der Waals surface area contributed by atoms with E-state index in [1.807, 2.05) is 0 Å². The van der Waals surface area contributed by atoms with E-state index in [-0.39, 0.29) is 13.0 Å². The van der Waals surface area contributed by atoms with E-state index in [1.54, 1.807) is 27.7 Å². The zero-order valence-electron chi connectivity index (χ0n) is 9.63. The first-order chi connectivity index (χ1) is 6.72. The highest BCUT2D eigenvalue weighted by Gasteiger charge is 2.32. The van der Waals surface area contributed by atoms with Gasteiger partial charge in [0, 0.05) is 0 Å². The Balaban J connectivity index is 4.08. The second-order valence-electron chi connectivity index (χ2n) is 4.30. The van der Waals surface area contributed by atoms with Crippen LogP contribution in [0.15, 0.2) is 0 Å². The number of aliphatic hydroxyl groups is 1. The average Bonchev–Trinajstić information content (AvgIpc) is 2.12. The van der Waals surface area contributed by atoms with Crippen LogP contribution in [0.5, 0.6) is 0 Å². The second-order valence-corrected chi connectivity index (χ2v) is 4.30. The fourth-order valence-electron chi connectivity index (χ4n) is 0.771. The zero-order chi connectivity index (χ0) is 12.1. The maximum Gasteiger partial charge on any atom is 0.408 e. The smallest absolute Gasteiger partial charge is 0.408 e. The van der Waals surface area contributed by atoms with Crippen LogP contribution in [0.25, 0.3) is 4.85 Å². The second kappa shape index (κ2) is 4.99. The topological polar surface area (TPSA) is 62.9 Å². The van der Waals surface area contributed by atoms with Gasteiger partial charge in [-0.1, -0.05) is 6.92 Å². The SMILES string of the molecule is [C-]#[N+]C(O)(CC)CNC(=O)OC(C)(C)C. The fourth-order valence-corrected chi connectivity index (χ4v) is 0.771. The summed E-state index contributed by atoms with van der Waals surface area (Å²) in [5.41, 5.74) is -2.11. The van der Waals surface area contributed by atoms with Gasteiger partial charge in [-0.05, 0) is 20.8 Å². The minimum absolute atomic E-state index is 0.123. The highest BCUT2D eigenvalue weighted by Crippen LogP contribution is 2.11. The summed E-state index contributed by atoms with van der Waals surface area (Å²) in [4.78, 5) is 14.2. The number of carbonyl (C=O) groups is 1. The number of nitrogens with zero attached hydrogens (tertiary/aromatic N) is 1. The number of alkyl carbamates (subject to hydrolysis) is 1. The Morgan fingerprint density at radius 2 is 2.07 bits per heavy atom. The van der Waals surface area contributed by atoms with Gasteiger partial charge in [-0.15, -0.1) is 0 Å². The van der Waals surface area contributed by atoms with E-state index >= 15 is 0 Å². The van der Waals surface area contributed by atoms with Crippen LogP contribution < -0.4 is 5.32 Å². The monoisotopic (exact) mass is 214 g/mol. The summed E-state index contributed by atoms with van der Waals surface area (Å²) in [5.74, 6) is 0. The predicted molar refractivity (Wildman–Crippen MR) is 56.1 cm³/mol. The van der Waals surface area contributed by atoms with Crippen LogP contribution in [0, 0.1) is 6.57 Å². The quantitative estimate of drug-likeness (QED) is 0.700. The summed E-state index contributed by atoms with van der Waals surface area (Å²) in [6, 6.07) is 0. The summed E-state index contributed by atoms with van der Waals surface area (Å²) in [6.45, 7) is 13.5. The molecule has 2 N–H and O–H groups in total. The number of hydrogen-bond donors (Lipinski definition) is 2. The molecular formula is C10H18N2O3. The van der Waals surface area contributed by atoms with E-state index in [9.17, 15) is 9.90 Å². The Morgan fingerprint density at radius 1 is 1.53 bits per heavy atom. The van der Waals surface area contributed by atoms with Crippen LogP contribution in [0.3, 0.4) is 0 Å². The van der Waals surface area contributed by atoms with Crippen molar-refractivity contribution in [2.45, 2.75) is 45.4 Å². The minimum atomic E-state index is -1.53. The van der Waals surface area contributed by atoms with Gasteiger partial charge in [-0.3, -0.25) is 4.85 Å². The van der Waals surface area contributed by atoms with Crippen LogP contribution in [-0.2, 0) is 4.74 Å². The molecule has 1 unspecified atom stereocenters. The molecule has 0 heterocycles. The van der Waals surface area contributed by atoms with Crippen molar-refractivity contribution in [2.24, 2.45) is 0 Å². The Hall–Kier alpha value is -1.28. The average molecular weight is 214 g/mol. The molecule has 0 aliphatic rings. The molecule has 0 rings (SSSR count). The van der Waals surface area contributed by atoms with E-state index in [0.717, 1.165) is 0 Å². The predicted octanol–water partition coefficient (Wildman–Crippen LogP) is 1.53. The molecule has 5 heteroatoms. The molecule has 0 aromatic heterocycles. The first-order valence-electron chi connectivity index (χ1n) is 4.80. The maximum atomic E-state index is 11.2. The Kier molecular flexibility index (Phi) is 4.56. The molecule has 15 heavy (non-hydrogen) atoms. The molecule has 86 valence electrons. The summed E-state index contributed by atoms with van der Waals surface area (Å²) < 4.78 is 4.96. The highest BCUT2D eigenvalue weighted by molar-refractivity contribution is 5.67. The Morgan fingerprint density at radius 3 is 2.40 bits per heavy atom. The largest absolute Gasteiger partial charge is 0.444 e. The van der Waals surface area contributed by atoms with Gasteiger partial charge in [-0.2, -0.15) is 0 Å². The van der Waals surface area contributed by atoms with Gasteiger partial charge in [0.05, 0.1) is 6.42 Å². The van der Waals surface area contributed by atoms with Crippen molar-refractivity contribution in [3.8, 4) is 0 Å². The van der Waals surface area contributed by atoms with Gasteiger partial charge in [0.25, 0.3) is 0 Å². The van der Waals surface area contributed by atoms with Crippen molar-refractivity contribution in [2.75, 3.05) is 6.54 Å². The van der Waals surface area contributed by atoms with Crippen molar-refractivity contribution in [1.82, 2.24) is 5.32 Å². The van der Waals surface area contributed by atoms with Crippen molar-refractivity contribution in [3.05, 3.63) is 11.4 Å². The summed E-state index contributed by atoms with van der Waals surface area (Å²) in [7, 11) is 0. The number of amides is 1. The van der Waals surface area contributed by atoms with Crippen LogP contribution in [0.2, 0.25) is 0 Å². The normalized spacial score (nSPS) is 14.9. The molecule has 0 aliphatic carbocycles. The Labute approximate surface area is 90.2 Å². The minimum Gasteiger partial charge on any atom is -0.444 e. The first kappa shape index (κ1) is 13.7. The summed E-state index contributed by atoms with van der Waals surface area (Å²) >= 11 is 0. The molecule has 0 fully saturated rings. The number of rotatable bonds is 3. The van der Waals surface area contributed by atoms with Crippen molar-refractivity contribution < 1.29 is 14.6 Å². The molecule has 0 radical (unpaired) electrons. The van der Waals surface area contributed by atoms with Gasteiger partial charge in [0.2, 0.25) is 0 Å². The van der Waals surface area contributed by atoms with Crippen LogP contribution in [0.4, 0.5) is 4.79 Å². The molecule has 0 saturated heterocycles. The van der Waals surface area contributed by atoms with E-state index < -0.39 is 17.4 Å². The molecule has 0 bridgehead atoms. The summed E-state index contributed by atoms with van der Waals surface area (Å²) in [5, 5.41) is 11.9. The van der Waals surface area contributed by atoms with Gasteiger partial charge < -0.3 is 15.2 Å². The van der Waals surface area contributed by atoms with E-state index in [4.69, 9.17) is 11.3 Å². The number of ether oxygens (including phenoxy) is 1. The molecule has 1 amide bonds. The van der Waals surface area contributed by atoms with E-state index in [2.05, 4.69) is 10.2 Å². The van der Waals surface area contributed by atoms with Crippen molar-refractivity contribution in [3.63, 3.8) is 0 Å². The third-order valence-corrected chi connectivity index (χ3v) is 1.69. The van der Waals surface area contributed by atoms with E-state index in [1.165, 1.54) is 0 Å². The van der Waals surface area contributed by atoms with Gasteiger partial charge >= 0.3 is 11.8 Å². The lowest BCUT2D eigenvalue weighted by Crippen LogP contribution is -2.42. The summed E-state index contributed by atoms with van der Waals surface area (Å²) in [6.07, 6.45) is -0.371.